The third-order valence-electron chi connectivity index (χ3n) is 8.27. The maximum atomic E-state index is 12.8. The molecule has 1 saturated heterocycles. The molecule has 1 aromatic carbocycles. The molecule has 0 bridgehead atoms. The summed E-state index contributed by atoms with van der Waals surface area (Å²) < 4.78 is 17.5. The zero-order chi connectivity index (χ0) is 22.1. The Labute approximate surface area is 185 Å². The third kappa shape index (κ3) is 4.40. The van der Waals surface area contributed by atoms with Crippen molar-refractivity contribution in [2.45, 2.75) is 71.0 Å². The van der Waals surface area contributed by atoms with Gasteiger partial charge in [-0.15, -0.1) is 0 Å². The fraction of sp³-hybridized carbons (Fsp3) is 0.720. The minimum atomic E-state index is -0.449. The summed E-state index contributed by atoms with van der Waals surface area (Å²) in [4.78, 5) is 12.8. The molecule has 7 atom stereocenters. The predicted molar refractivity (Wildman–Crippen MR) is 117 cm³/mol. The van der Waals surface area contributed by atoms with Gasteiger partial charge in [-0.05, 0) is 48.5 Å². The molecule has 4 rings (SSSR count). The Hall–Kier alpha value is -1.47. The Morgan fingerprint density at radius 1 is 1.19 bits per heavy atom. The molecule has 6 heteroatoms. The number of ether oxygens (including phenoxy) is 3. The van der Waals surface area contributed by atoms with Crippen LogP contribution in [0.3, 0.4) is 0 Å². The molecule has 172 valence electrons. The molecule has 0 radical (unpaired) electrons. The summed E-state index contributed by atoms with van der Waals surface area (Å²) in [5.74, 6) is 0.299. The SMILES string of the molecule is COC[C@@H]1OC[C@@]2(C)[C@H]3CC[C@@H](O)[C@@H](CC(=O)NCc4ccccc4)[C@]3(C)CC[C@H]2O1. The highest BCUT2D eigenvalue weighted by Crippen LogP contribution is 2.62. The summed E-state index contributed by atoms with van der Waals surface area (Å²) in [5, 5.41) is 14.0. The van der Waals surface area contributed by atoms with Gasteiger partial charge in [0.25, 0.3) is 0 Å². The number of carbonyl (C=O) groups excluding carboxylic acids is 1. The molecule has 0 spiro atoms. The average molecular weight is 432 g/mol. The molecule has 6 nitrogen and oxygen atoms in total. The van der Waals surface area contributed by atoms with Gasteiger partial charge in [-0.3, -0.25) is 4.79 Å². The van der Waals surface area contributed by atoms with Gasteiger partial charge in [0.15, 0.2) is 6.29 Å². The summed E-state index contributed by atoms with van der Waals surface area (Å²) in [7, 11) is 1.66. The first-order chi connectivity index (χ1) is 14.9. The Morgan fingerprint density at radius 2 is 1.97 bits per heavy atom. The fourth-order valence-electron chi connectivity index (χ4n) is 6.58. The maximum absolute atomic E-state index is 12.8. The Morgan fingerprint density at radius 3 is 2.71 bits per heavy atom. The van der Waals surface area contributed by atoms with Crippen LogP contribution in [-0.4, -0.2) is 49.8 Å². The van der Waals surface area contributed by atoms with Gasteiger partial charge >= 0.3 is 0 Å². The van der Waals surface area contributed by atoms with E-state index in [1.807, 2.05) is 30.3 Å². The van der Waals surface area contributed by atoms with Crippen LogP contribution in [0.5, 0.6) is 0 Å². The largest absolute Gasteiger partial charge is 0.393 e. The number of carbonyl (C=O) groups is 1. The second-order valence-corrected chi connectivity index (χ2v) is 10.1. The lowest BCUT2D eigenvalue weighted by Crippen LogP contribution is -2.63. The number of methoxy groups -OCH3 is 1. The van der Waals surface area contributed by atoms with Gasteiger partial charge < -0.3 is 24.6 Å². The van der Waals surface area contributed by atoms with Gasteiger partial charge in [-0.25, -0.2) is 0 Å². The highest BCUT2D eigenvalue weighted by Gasteiger charge is 2.61. The number of hydrogen-bond donors (Lipinski definition) is 2. The number of benzene rings is 1. The van der Waals surface area contributed by atoms with Crippen molar-refractivity contribution in [2.75, 3.05) is 20.3 Å². The Bertz CT molecular complexity index is 758. The summed E-state index contributed by atoms with van der Waals surface area (Å²) >= 11 is 0. The van der Waals surface area contributed by atoms with Crippen LogP contribution in [0.4, 0.5) is 0 Å². The molecule has 0 unspecified atom stereocenters. The van der Waals surface area contributed by atoms with Crippen molar-refractivity contribution in [2.24, 2.45) is 22.7 Å². The number of aliphatic hydroxyl groups is 1. The molecule has 3 aliphatic rings. The van der Waals surface area contributed by atoms with Gasteiger partial charge in [0.2, 0.25) is 5.91 Å². The quantitative estimate of drug-likeness (QED) is 0.723. The summed E-state index contributed by atoms with van der Waals surface area (Å²) in [5.41, 5.74) is 0.850. The van der Waals surface area contributed by atoms with E-state index in [-0.39, 0.29) is 35.0 Å². The molecule has 2 aliphatic carbocycles. The molecule has 1 heterocycles. The summed E-state index contributed by atoms with van der Waals surface area (Å²) in [6.07, 6.45) is 3.26. The van der Waals surface area contributed by atoms with E-state index >= 15 is 0 Å². The first kappa shape index (κ1) is 22.7. The molecule has 31 heavy (non-hydrogen) atoms. The summed E-state index contributed by atoms with van der Waals surface area (Å²) in [6.45, 7) is 6.14. The van der Waals surface area contributed by atoms with Crippen LogP contribution >= 0.6 is 0 Å². The maximum Gasteiger partial charge on any atom is 0.220 e. The lowest BCUT2D eigenvalue weighted by atomic mass is 9.46. The number of hydrogen-bond acceptors (Lipinski definition) is 5. The fourth-order valence-corrected chi connectivity index (χ4v) is 6.58. The van der Waals surface area contributed by atoms with Crippen molar-refractivity contribution < 1.29 is 24.1 Å². The van der Waals surface area contributed by atoms with Gasteiger partial charge in [0.05, 0.1) is 25.4 Å². The van der Waals surface area contributed by atoms with Gasteiger partial charge in [-0.1, -0.05) is 44.2 Å². The van der Waals surface area contributed by atoms with Crippen molar-refractivity contribution in [3.63, 3.8) is 0 Å². The molecule has 1 aromatic rings. The normalized spacial score (nSPS) is 39.9. The van der Waals surface area contributed by atoms with Crippen LogP contribution in [0.25, 0.3) is 0 Å². The van der Waals surface area contributed by atoms with E-state index in [2.05, 4.69) is 19.2 Å². The minimum absolute atomic E-state index is 0.0124. The molecule has 3 fully saturated rings. The van der Waals surface area contributed by atoms with Crippen LogP contribution in [0, 0.1) is 22.7 Å². The van der Waals surface area contributed by atoms with E-state index in [0.717, 1.165) is 31.2 Å². The highest BCUT2D eigenvalue weighted by atomic mass is 16.7. The van der Waals surface area contributed by atoms with Gasteiger partial charge in [-0.2, -0.15) is 0 Å². The van der Waals surface area contributed by atoms with Gasteiger partial charge in [0, 0.05) is 25.5 Å². The number of nitrogens with one attached hydrogen (secondary N) is 1. The van der Waals surface area contributed by atoms with Crippen molar-refractivity contribution in [1.82, 2.24) is 5.32 Å². The number of rotatable bonds is 6. The molecular formula is C25H37NO5. The topological polar surface area (TPSA) is 77.0 Å². The Kier molecular flexibility index (Phi) is 6.73. The summed E-state index contributed by atoms with van der Waals surface area (Å²) in [6, 6.07) is 9.94. The standard InChI is InChI=1S/C25H37NO5/c1-24-12-11-21-25(2,16-30-23(31-21)15-29-3)20(24)10-9-19(27)18(24)13-22(28)26-14-17-7-5-4-6-8-17/h4-8,18-21,23,27H,9-16H2,1-3H3,(H,26,28)/t18-,19-,20+,21-,23-,24+,25+/m1/s1. The second kappa shape index (κ2) is 9.18. The van der Waals surface area contributed by atoms with E-state index in [1.54, 1.807) is 7.11 Å². The smallest absolute Gasteiger partial charge is 0.220 e. The molecule has 0 aromatic heterocycles. The highest BCUT2D eigenvalue weighted by molar-refractivity contribution is 5.76. The first-order valence-electron chi connectivity index (χ1n) is 11.6. The van der Waals surface area contributed by atoms with Gasteiger partial charge in [0.1, 0.15) is 0 Å². The van der Waals surface area contributed by atoms with E-state index < -0.39 is 6.10 Å². The zero-order valence-corrected chi connectivity index (χ0v) is 19.0. The minimum Gasteiger partial charge on any atom is -0.393 e. The van der Waals surface area contributed by atoms with E-state index in [4.69, 9.17) is 14.2 Å². The van der Waals surface area contributed by atoms with Crippen LogP contribution in [0.15, 0.2) is 30.3 Å². The lowest BCUT2D eigenvalue weighted by Gasteiger charge is -2.62. The zero-order valence-electron chi connectivity index (χ0n) is 19.0. The molecule has 1 aliphatic heterocycles. The van der Waals surface area contributed by atoms with Crippen molar-refractivity contribution in [3.8, 4) is 0 Å². The second-order valence-electron chi connectivity index (χ2n) is 10.1. The van der Waals surface area contributed by atoms with Crippen LogP contribution < -0.4 is 5.32 Å². The monoisotopic (exact) mass is 431 g/mol. The van der Waals surface area contributed by atoms with E-state index in [1.165, 1.54) is 0 Å². The number of aliphatic hydroxyl groups excluding tert-OH is 1. The number of fused-ring (bicyclic) bond motifs is 3. The molecule has 1 amide bonds. The van der Waals surface area contributed by atoms with Crippen molar-refractivity contribution >= 4 is 5.91 Å². The van der Waals surface area contributed by atoms with E-state index in [9.17, 15) is 9.90 Å². The van der Waals surface area contributed by atoms with Crippen LogP contribution in [0.2, 0.25) is 0 Å². The van der Waals surface area contributed by atoms with E-state index in [0.29, 0.717) is 32.1 Å². The van der Waals surface area contributed by atoms with Crippen molar-refractivity contribution in [1.29, 1.82) is 0 Å². The van der Waals surface area contributed by atoms with Crippen molar-refractivity contribution in [3.05, 3.63) is 35.9 Å². The molecule has 2 saturated carbocycles. The van der Waals surface area contributed by atoms with Crippen LogP contribution in [-0.2, 0) is 25.5 Å². The average Bonchev–Trinajstić information content (AvgIpc) is 2.76. The molecular weight excluding hydrogens is 394 g/mol. The number of amides is 1. The lowest BCUT2D eigenvalue weighted by molar-refractivity contribution is -0.315. The predicted octanol–water partition coefficient (Wildman–Crippen LogP) is 3.27. The molecule has 2 N–H and O–H groups in total. The first-order valence-corrected chi connectivity index (χ1v) is 11.6. The Balaban J connectivity index is 1.45. The third-order valence-corrected chi connectivity index (χ3v) is 8.27. The van der Waals surface area contributed by atoms with Crippen LogP contribution in [0.1, 0.15) is 51.5 Å².